The largest absolute Gasteiger partial charge is 0.396 e. The minimum absolute atomic E-state index is 0.0949. The van der Waals surface area contributed by atoms with Crippen molar-refractivity contribution in [3.8, 4) is 11.1 Å². The van der Waals surface area contributed by atoms with Gasteiger partial charge in [0.15, 0.2) is 5.82 Å². The van der Waals surface area contributed by atoms with Crippen LogP contribution >= 0.6 is 0 Å². The van der Waals surface area contributed by atoms with Crippen LogP contribution in [0.2, 0.25) is 0 Å². The molecule has 2 aromatic heterocycles. The van der Waals surface area contributed by atoms with E-state index in [0.717, 1.165) is 59.5 Å². The highest BCUT2D eigenvalue weighted by molar-refractivity contribution is 5.96. The number of carbonyl (C=O) groups is 1. The van der Waals surface area contributed by atoms with Crippen molar-refractivity contribution in [3.05, 3.63) is 48.3 Å². The summed E-state index contributed by atoms with van der Waals surface area (Å²) in [5.74, 6) is 1.46. The number of methoxy groups -OCH3 is 1. The van der Waals surface area contributed by atoms with Crippen molar-refractivity contribution in [1.82, 2.24) is 14.9 Å². The van der Waals surface area contributed by atoms with Gasteiger partial charge in [0, 0.05) is 55.9 Å². The Bertz CT molecular complexity index is 1170. The predicted molar refractivity (Wildman–Crippen MR) is 131 cm³/mol. The summed E-state index contributed by atoms with van der Waals surface area (Å²) < 4.78 is 5.07. The van der Waals surface area contributed by atoms with Crippen molar-refractivity contribution in [2.75, 3.05) is 44.0 Å². The van der Waals surface area contributed by atoms with Crippen LogP contribution in [0.4, 0.5) is 11.5 Å². The first kappa shape index (κ1) is 21.6. The summed E-state index contributed by atoms with van der Waals surface area (Å²) in [6, 6.07) is 12.5. The topological polar surface area (TPSA) is 84.6 Å². The Kier molecular flexibility index (Phi) is 5.89. The lowest BCUT2D eigenvalue weighted by Gasteiger charge is -2.41. The van der Waals surface area contributed by atoms with Crippen LogP contribution in [0.25, 0.3) is 22.0 Å². The smallest absolute Gasteiger partial charge is 0.225 e. The van der Waals surface area contributed by atoms with Crippen molar-refractivity contribution < 1.29 is 9.53 Å². The predicted octanol–water partition coefficient (Wildman–Crippen LogP) is 3.83. The zero-order valence-corrected chi connectivity index (χ0v) is 19.3. The molecule has 3 aromatic rings. The van der Waals surface area contributed by atoms with E-state index >= 15 is 0 Å². The maximum Gasteiger partial charge on any atom is 0.225 e. The molecule has 0 radical (unpaired) electrons. The summed E-state index contributed by atoms with van der Waals surface area (Å²) in [7, 11) is 1.62. The van der Waals surface area contributed by atoms with E-state index in [1.54, 1.807) is 7.11 Å². The lowest BCUT2D eigenvalue weighted by molar-refractivity contribution is -0.134. The molecule has 2 aliphatic rings. The van der Waals surface area contributed by atoms with Crippen molar-refractivity contribution in [3.63, 3.8) is 0 Å². The van der Waals surface area contributed by atoms with Gasteiger partial charge in [0.1, 0.15) is 0 Å². The number of pyridine rings is 2. The van der Waals surface area contributed by atoms with Gasteiger partial charge in [0.25, 0.3) is 0 Å². The maximum absolute atomic E-state index is 12.5. The number of aromatic nitrogens is 2. The third-order valence-electron chi connectivity index (χ3n) is 6.73. The number of amides is 1. The summed E-state index contributed by atoms with van der Waals surface area (Å²) in [4.78, 5) is 26.4. The standard InChI is InChI=1S/C26H31N5O2/c1-17-16-30(12-13-31(17)24(32)10-14-33-2)26-22(27)15-21(25(29-26)18-7-8-18)19-9-11-28-23-6-4-3-5-20(19)23/h3-6,9,11,15,17-18H,7-8,10,12-14,16,27H2,1-2H3. The van der Waals surface area contributed by atoms with Gasteiger partial charge in [-0.3, -0.25) is 9.78 Å². The van der Waals surface area contributed by atoms with Gasteiger partial charge in [0.2, 0.25) is 5.91 Å². The Morgan fingerprint density at radius 1 is 1.18 bits per heavy atom. The van der Waals surface area contributed by atoms with E-state index in [9.17, 15) is 4.79 Å². The fraction of sp³-hybridized carbons (Fsp3) is 0.423. The van der Waals surface area contributed by atoms with Crippen LogP contribution in [-0.4, -0.2) is 60.2 Å². The third kappa shape index (κ3) is 4.25. The van der Waals surface area contributed by atoms with Crippen LogP contribution in [0, 0.1) is 0 Å². The molecule has 1 unspecified atom stereocenters. The number of para-hydroxylation sites is 1. The van der Waals surface area contributed by atoms with Gasteiger partial charge in [-0.1, -0.05) is 18.2 Å². The molecular weight excluding hydrogens is 414 g/mol. The van der Waals surface area contributed by atoms with Crippen molar-refractivity contribution in [2.24, 2.45) is 0 Å². The highest BCUT2D eigenvalue weighted by Gasteiger charge is 2.33. The first-order valence-electron chi connectivity index (χ1n) is 11.7. The van der Waals surface area contributed by atoms with Crippen LogP contribution < -0.4 is 10.6 Å². The highest BCUT2D eigenvalue weighted by atomic mass is 16.5. The van der Waals surface area contributed by atoms with Gasteiger partial charge >= 0.3 is 0 Å². The molecule has 7 heteroatoms. The number of carbonyl (C=O) groups excluding carboxylic acids is 1. The third-order valence-corrected chi connectivity index (χ3v) is 6.73. The summed E-state index contributed by atoms with van der Waals surface area (Å²) in [6.07, 6.45) is 4.59. The van der Waals surface area contributed by atoms with E-state index in [-0.39, 0.29) is 11.9 Å². The van der Waals surface area contributed by atoms with Crippen LogP contribution in [-0.2, 0) is 9.53 Å². The Balaban J connectivity index is 1.46. The lowest BCUT2D eigenvalue weighted by atomic mass is 9.97. The van der Waals surface area contributed by atoms with E-state index in [1.807, 2.05) is 29.3 Å². The quantitative estimate of drug-likeness (QED) is 0.621. The molecule has 1 aliphatic heterocycles. The molecule has 0 spiro atoms. The summed E-state index contributed by atoms with van der Waals surface area (Å²) >= 11 is 0. The van der Waals surface area contributed by atoms with Crippen LogP contribution in [0.3, 0.4) is 0 Å². The minimum Gasteiger partial charge on any atom is -0.396 e. The van der Waals surface area contributed by atoms with Crippen molar-refractivity contribution in [1.29, 1.82) is 0 Å². The average molecular weight is 446 g/mol. The number of ether oxygens (including phenoxy) is 1. The number of rotatable bonds is 6. The number of piperazine rings is 1. The fourth-order valence-electron chi connectivity index (χ4n) is 4.85. The molecule has 5 rings (SSSR count). The monoisotopic (exact) mass is 445 g/mol. The number of nitrogen functional groups attached to an aromatic ring is 1. The Labute approximate surface area is 194 Å². The summed E-state index contributed by atoms with van der Waals surface area (Å²) in [5.41, 5.74) is 11.6. The second kappa shape index (κ2) is 8.98. The molecule has 172 valence electrons. The van der Waals surface area contributed by atoms with Gasteiger partial charge < -0.3 is 20.3 Å². The van der Waals surface area contributed by atoms with Crippen LogP contribution in [0.1, 0.15) is 37.8 Å². The van der Waals surface area contributed by atoms with E-state index in [0.29, 0.717) is 31.2 Å². The molecular formula is C26H31N5O2. The molecule has 0 bridgehead atoms. The van der Waals surface area contributed by atoms with E-state index in [1.165, 1.54) is 0 Å². The fourth-order valence-corrected chi connectivity index (χ4v) is 4.85. The van der Waals surface area contributed by atoms with Gasteiger partial charge in [-0.15, -0.1) is 0 Å². The molecule has 33 heavy (non-hydrogen) atoms. The molecule has 1 aromatic carbocycles. The Morgan fingerprint density at radius 2 is 2.00 bits per heavy atom. The summed E-state index contributed by atoms with van der Waals surface area (Å²) in [5, 5.41) is 1.12. The van der Waals surface area contributed by atoms with E-state index in [4.69, 9.17) is 15.5 Å². The molecule has 2 N–H and O–H groups in total. The highest BCUT2D eigenvalue weighted by Crippen LogP contribution is 2.46. The number of nitrogens with zero attached hydrogens (tertiary/aromatic N) is 4. The van der Waals surface area contributed by atoms with Gasteiger partial charge in [-0.05, 0) is 43.5 Å². The summed E-state index contributed by atoms with van der Waals surface area (Å²) in [6.45, 7) is 4.66. The van der Waals surface area contributed by atoms with E-state index < -0.39 is 0 Å². The molecule has 1 atom stereocenters. The second-order valence-electron chi connectivity index (χ2n) is 9.11. The number of benzene rings is 1. The van der Waals surface area contributed by atoms with E-state index in [2.05, 4.69) is 35.0 Å². The Morgan fingerprint density at radius 3 is 2.76 bits per heavy atom. The molecule has 2 fully saturated rings. The number of nitrogens with two attached hydrogens (primary N) is 1. The molecule has 1 aliphatic carbocycles. The van der Waals surface area contributed by atoms with Crippen molar-refractivity contribution >= 4 is 28.3 Å². The average Bonchev–Trinajstić information content (AvgIpc) is 3.67. The maximum atomic E-state index is 12.5. The van der Waals surface area contributed by atoms with Gasteiger partial charge in [-0.25, -0.2) is 4.98 Å². The van der Waals surface area contributed by atoms with Crippen LogP contribution in [0.5, 0.6) is 0 Å². The Hall–Kier alpha value is -3.19. The molecule has 3 heterocycles. The first-order chi connectivity index (χ1) is 16.1. The zero-order chi connectivity index (χ0) is 22.9. The van der Waals surface area contributed by atoms with Crippen molar-refractivity contribution in [2.45, 2.75) is 38.1 Å². The zero-order valence-electron chi connectivity index (χ0n) is 19.3. The molecule has 1 saturated carbocycles. The molecule has 7 nitrogen and oxygen atoms in total. The number of hydrogen-bond donors (Lipinski definition) is 1. The van der Waals surface area contributed by atoms with Gasteiger partial charge in [0.05, 0.1) is 29.9 Å². The molecule has 1 saturated heterocycles. The van der Waals surface area contributed by atoms with Gasteiger partial charge in [-0.2, -0.15) is 0 Å². The number of fused-ring (bicyclic) bond motifs is 1. The number of hydrogen-bond acceptors (Lipinski definition) is 6. The normalized spacial score (nSPS) is 18.7. The number of anilines is 2. The first-order valence-corrected chi connectivity index (χ1v) is 11.7. The molecule has 1 amide bonds. The second-order valence-corrected chi connectivity index (χ2v) is 9.11. The SMILES string of the molecule is COCCC(=O)N1CCN(c2nc(C3CC3)c(-c3ccnc4ccccc34)cc2N)CC1C. The lowest BCUT2D eigenvalue weighted by Crippen LogP contribution is -2.54. The van der Waals surface area contributed by atoms with Crippen LogP contribution in [0.15, 0.2) is 42.6 Å². The minimum atomic E-state index is 0.0949.